The molecule has 8 nitrogen and oxygen atoms in total. The lowest BCUT2D eigenvalue weighted by molar-refractivity contribution is -0.0913. The molecule has 202 valence electrons. The summed E-state index contributed by atoms with van der Waals surface area (Å²) < 4.78 is 65.9. The van der Waals surface area contributed by atoms with E-state index in [4.69, 9.17) is 0 Å². The Morgan fingerprint density at radius 2 is 1.95 bits per heavy atom. The van der Waals surface area contributed by atoms with E-state index in [2.05, 4.69) is 27.2 Å². The number of aliphatic hydroxyl groups is 1. The third kappa shape index (κ3) is 5.66. The van der Waals surface area contributed by atoms with Crippen molar-refractivity contribution in [2.45, 2.75) is 43.5 Å². The van der Waals surface area contributed by atoms with Crippen LogP contribution >= 0.6 is 0 Å². The number of sulfonamides is 1. The summed E-state index contributed by atoms with van der Waals surface area (Å²) in [6.07, 6.45) is -1.62. The van der Waals surface area contributed by atoms with Gasteiger partial charge in [-0.05, 0) is 68.0 Å². The number of alkyl halides is 3. The molecular formula is C26H28F3N5O3S. The maximum Gasteiger partial charge on any atom is 0.412 e. The molecule has 0 unspecified atom stereocenters. The van der Waals surface area contributed by atoms with Crippen LogP contribution in [0.25, 0.3) is 22.0 Å². The molecule has 0 spiro atoms. The van der Waals surface area contributed by atoms with E-state index in [1.54, 1.807) is 18.3 Å². The van der Waals surface area contributed by atoms with Gasteiger partial charge in [0.2, 0.25) is 10.0 Å². The van der Waals surface area contributed by atoms with Gasteiger partial charge < -0.3 is 10.4 Å². The van der Waals surface area contributed by atoms with Crippen LogP contribution in [0.4, 0.5) is 13.2 Å². The number of aliphatic imine (C=N–C) groups is 1. The van der Waals surface area contributed by atoms with Gasteiger partial charge in [-0.3, -0.25) is 5.10 Å². The number of halogens is 3. The molecule has 0 radical (unpaired) electrons. The van der Waals surface area contributed by atoms with Crippen molar-refractivity contribution in [1.29, 1.82) is 0 Å². The van der Waals surface area contributed by atoms with E-state index in [-0.39, 0.29) is 30.2 Å². The Bertz CT molecular complexity index is 1490. The van der Waals surface area contributed by atoms with Gasteiger partial charge in [-0.25, -0.2) is 13.4 Å². The van der Waals surface area contributed by atoms with Crippen LogP contribution in [-0.4, -0.2) is 66.2 Å². The fourth-order valence-corrected chi connectivity index (χ4v) is 5.82. The maximum absolute atomic E-state index is 13.3. The predicted molar refractivity (Wildman–Crippen MR) is 140 cm³/mol. The average Bonchev–Trinajstić information content (AvgIpc) is 3.37. The number of aliphatic hydroxyl groups excluding tert-OH is 1. The zero-order valence-electron chi connectivity index (χ0n) is 20.8. The second-order valence-corrected chi connectivity index (χ2v) is 11.1. The summed E-state index contributed by atoms with van der Waals surface area (Å²) in [5.41, 5.74) is 2.95. The summed E-state index contributed by atoms with van der Waals surface area (Å²) >= 11 is 0. The first-order valence-electron chi connectivity index (χ1n) is 11.8. The molecule has 12 heteroatoms. The van der Waals surface area contributed by atoms with Gasteiger partial charge in [0.1, 0.15) is 5.82 Å². The molecule has 1 aliphatic heterocycles. The number of aromatic amines is 1. The number of hydrogen-bond acceptors (Lipinski definition) is 6. The number of benzene rings is 2. The molecule has 2 atom stereocenters. The topological polar surface area (TPSA) is 111 Å². The molecule has 1 aliphatic rings. The number of nitrogens with one attached hydrogen (secondary N) is 2. The smallest absolute Gasteiger partial charge is 0.390 e. The van der Waals surface area contributed by atoms with Gasteiger partial charge >= 0.3 is 6.18 Å². The van der Waals surface area contributed by atoms with Crippen molar-refractivity contribution >= 4 is 27.6 Å². The lowest BCUT2D eigenvalue weighted by atomic mass is 9.98. The molecule has 3 N–H and O–H groups in total. The molecule has 0 bridgehead atoms. The Morgan fingerprint density at radius 3 is 2.58 bits per heavy atom. The van der Waals surface area contributed by atoms with E-state index in [0.29, 0.717) is 0 Å². The molecule has 1 saturated heterocycles. The minimum absolute atomic E-state index is 0.0495. The van der Waals surface area contributed by atoms with Gasteiger partial charge in [-0.2, -0.15) is 22.6 Å². The number of aryl methyl sites for hydroxylation is 1. The molecule has 1 aromatic heterocycles. The summed E-state index contributed by atoms with van der Waals surface area (Å²) in [5, 5.41) is 21.5. The van der Waals surface area contributed by atoms with E-state index in [0.717, 1.165) is 46.7 Å². The number of piperidine rings is 1. The Kier molecular flexibility index (Phi) is 7.77. The van der Waals surface area contributed by atoms with Crippen molar-refractivity contribution in [1.82, 2.24) is 19.8 Å². The van der Waals surface area contributed by atoms with Crippen molar-refractivity contribution in [3.63, 3.8) is 0 Å². The van der Waals surface area contributed by atoms with E-state index in [9.17, 15) is 26.7 Å². The number of β-amino-alcohol motifs (C(OH)–C–C–N with tert-alkyl or cyclic N) is 1. The molecule has 0 amide bonds. The highest BCUT2D eigenvalue weighted by atomic mass is 32.2. The van der Waals surface area contributed by atoms with Crippen molar-refractivity contribution < 1.29 is 26.7 Å². The highest BCUT2D eigenvalue weighted by Gasteiger charge is 2.35. The lowest BCUT2D eigenvalue weighted by Crippen LogP contribution is -2.53. The van der Waals surface area contributed by atoms with Gasteiger partial charge in [0.25, 0.3) is 0 Å². The first kappa shape index (κ1) is 27.6. The summed E-state index contributed by atoms with van der Waals surface area (Å²) in [5.74, 6) is 0.0495. The minimum atomic E-state index is -4.47. The fraction of sp³-hybridized carbons (Fsp3) is 0.308. The summed E-state index contributed by atoms with van der Waals surface area (Å²) in [6, 6.07) is 9.83. The number of H-pyrrole nitrogens is 1. The molecule has 3 aromatic rings. The molecule has 0 saturated carbocycles. The monoisotopic (exact) mass is 547 g/mol. The van der Waals surface area contributed by atoms with Crippen molar-refractivity contribution in [3.8, 4) is 11.1 Å². The molecule has 1 fully saturated rings. The van der Waals surface area contributed by atoms with Crippen LogP contribution in [0, 0.1) is 6.92 Å². The third-order valence-corrected chi connectivity index (χ3v) is 8.56. The Morgan fingerprint density at radius 1 is 1.24 bits per heavy atom. The summed E-state index contributed by atoms with van der Waals surface area (Å²) in [6.45, 7) is 6.19. The number of rotatable bonds is 7. The van der Waals surface area contributed by atoms with E-state index in [1.807, 2.05) is 19.1 Å². The molecule has 2 heterocycles. The van der Waals surface area contributed by atoms with Gasteiger partial charge in [-0.15, -0.1) is 0 Å². The number of hydrogen-bond donors (Lipinski definition) is 3. The Balaban J connectivity index is 1.45. The van der Waals surface area contributed by atoms with E-state index < -0.39 is 33.9 Å². The zero-order chi connectivity index (χ0) is 27.7. The first-order chi connectivity index (χ1) is 17.9. The second-order valence-electron chi connectivity index (χ2n) is 9.12. The molecule has 4 rings (SSSR count). The standard InChI is InChI=1S/C26H28F3N5O3S/c1-16(26(27,28)29)4-11-25(30-3)32-23-12-13-34(15-24(23)35)38(36,37)19-7-5-18(6-8-19)20-9-10-22-21(17(20)2)14-31-33-22/h4-11,14,23-24,32,35H,3,12-13,15H2,1-2H3,(H,31,33)/b16-4+,25-11+/t23-,24+/m1/s1. The zero-order valence-corrected chi connectivity index (χ0v) is 21.6. The van der Waals surface area contributed by atoms with Crippen LogP contribution in [0.1, 0.15) is 18.9 Å². The SMILES string of the molecule is C=N/C(=C\C=C(/C)C(F)(F)F)N[C@@H]1CCN(S(=O)(=O)c2ccc(-c3ccc4[nH]ncc4c3C)cc2)C[C@@H]1O. The summed E-state index contributed by atoms with van der Waals surface area (Å²) in [4.78, 5) is 3.78. The quantitative estimate of drug-likeness (QED) is 0.302. The number of allylic oxidation sites excluding steroid dienone is 3. The molecule has 38 heavy (non-hydrogen) atoms. The van der Waals surface area contributed by atoms with Gasteiger partial charge in [0.05, 0.1) is 28.8 Å². The number of fused-ring (bicyclic) bond motifs is 1. The molecular weight excluding hydrogens is 519 g/mol. The number of nitrogens with zero attached hydrogens (tertiary/aromatic N) is 3. The third-order valence-electron chi connectivity index (χ3n) is 6.68. The highest BCUT2D eigenvalue weighted by molar-refractivity contribution is 7.89. The van der Waals surface area contributed by atoms with Crippen molar-refractivity contribution in [2.24, 2.45) is 4.99 Å². The average molecular weight is 548 g/mol. The second kappa shape index (κ2) is 10.7. The van der Waals surface area contributed by atoms with E-state index in [1.165, 1.54) is 16.4 Å². The van der Waals surface area contributed by atoms with Crippen molar-refractivity contribution in [3.05, 3.63) is 71.7 Å². The fourth-order valence-electron chi connectivity index (χ4n) is 4.35. The van der Waals surface area contributed by atoms with Crippen LogP contribution < -0.4 is 5.32 Å². The van der Waals surface area contributed by atoms with Gasteiger partial charge in [-0.1, -0.05) is 24.3 Å². The van der Waals surface area contributed by atoms with E-state index >= 15 is 0 Å². The molecule has 0 aliphatic carbocycles. The van der Waals surface area contributed by atoms with Crippen LogP contribution in [0.15, 0.2) is 76.0 Å². The summed E-state index contributed by atoms with van der Waals surface area (Å²) in [7, 11) is -3.88. The maximum atomic E-state index is 13.3. The Hall–Kier alpha value is -3.48. The highest BCUT2D eigenvalue weighted by Crippen LogP contribution is 2.30. The van der Waals surface area contributed by atoms with Crippen molar-refractivity contribution in [2.75, 3.05) is 13.1 Å². The van der Waals surface area contributed by atoms with Crippen LogP contribution in [-0.2, 0) is 10.0 Å². The minimum Gasteiger partial charge on any atom is -0.390 e. The van der Waals surface area contributed by atoms with Gasteiger partial charge in [0.15, 0.2) is 0 Å². The van der Waals surface area contributed by atoms with Crippen LogP contribution in [0.5, 0.6) is 0 Å². The largest absolute Gasteiger partial charge is 0.412 e. The van der Waals surface area contributed by atoms with Crippen LogP contribution in [0.3, 0.4) is 0 Å². The number of aromatic nitrogens is 2. The normalized spacial score (nSPS) is 20.1. The molecule has 2 aromatic carbocycles. The lowest BCUT2D eigenvalue weighted by Gasteiger charge is -2.36. The first-order valence-corrected chi connectivity index (χ1v) is 13.3. The van der Waals surface area contributed by atoms with Gasteiger partial charge in [0, 0.05) is 24.0 Å². The Labute approximate surface area is 218 Å². The van der Waals surface area contributed by atoms with Crippen LogP contribution in [0.2, 0.25) is 0 Å². The predicted octanol–water partition coefficient (Wildman–Crippen LogP) is 4.30.